The number of hydrogen-bond donors (Lipinski definition) is 1. The summed E-state index contributed by atoms with van der Waals surface area (Å²) in [6.07, 6.45) is 0.715. The number of benzene rings is 2. The van der Waals surface area contributed by atoms with E-state index < -0.39 is 0 Å². The number of hydrogen-bond acceptors (Lipinski definition) is 2. The molecule has 5 heteroatoms. The quantitative estimate of drug-likeness (QED) is 0.856. The van der Waals surface area contributed by atoms with Gasteiger partial charge in [0.1, 0.15) is 6.54 Å². The van der Waals surface area contributed by atoms with Crippen LogP contribution in [-0.2, 0) is 16.0 Å². The van der Waals surface area contributed by atoms with Gasteiger partial charge in [-0.1, -0.05) is 35.9 Å². The van der Waals surface area contributed by atoms with E-state index in [1.807, 2.05) is 56.3 Å². The highest BCUT2D eigenvalue weighted by molar-refractivity contribution is 6.30. The van der Waals surface area contributed by atoms with Gasteiger partial charge in [-0.05, 0) is 55.2 Å². The maximum absolute atomic E-state index is 12.2. The molecule has 0 radical (unpaired) electrons. The number of amides is 2. The topological polar surface area (TPSA) is 49.4 Å². The lowest BCUT2D eigenvalue weighted by Gasteiger charge is -2.23. The van der Waals surface area contributed by atoms with Crippen LogP contribution in [0.5, 0.6) is 0 Å². The van der Waals surface area contributed by atoms with Crippen LogP contribution >= 0.6 is 11.6 Å². The molecule has 2 rings (SSSR count). The minimum atomic E-state index is -0.176. The zero-order valence-corrected chi connectivity index (χ0v) is 15.6. The number of halogens is 1. The molecule has 4 nitrogen and oxygen atoms in total. The van der Waals surface area contributed by atoms with Gasteiger partial charge in [0.15, 0.2) is 0 Å². The van der Waals surface area contributed by atoms with Crippen molar-refractivity contribution in [3.05, 3.63) is 64.2 Å². The maximum atomic E-state index is 12.2. The molecule has 0 saturated heterocycles. The standard InChI is InChI=1S/C20H23ClN2O2/c1-14-5-4-6-19(15(14)2)23(16(3)24)13-20(25)22-12-11-17-7-9-18(21)10-8-17/h4-10H,11-13H2,1-3H3,(H,22,25). The predicted octanol–water partition coefficient (Wildman–Crippen LogP) is 3.67. The first-order valence-corrected chi connectivity index (χ1v) is 8.61. The summed E-state index contributed by atoms with van der Waals surface area (Å²) in [6.45, 7) is 5.95. The lowest BCUT2D eigenvalue weighted by atomic mass is 10.1. The second kappa shape index (κ2) is 8.67. The minimum absolute atomic E-state index is 0.0141. The number of carbonyl (C=O) groups excluding carboxylic acids is 2. The van der Waals surface area contributed by atoms with Crippen molar-refractivity contribution in [2.75, 3.05) is 18.0 Å². The Hall–Kier alpha value is -2.33. The van der Waals surface area contributed by atoms with E-state index in [-0.39, 0.29) is 18.4 Å². The van der Waals surface area contributed by atoms with Crippen molar-refractivity contribution >= 4 is 29.1 Å². The van der Waals surface area contributed by atoms with Gasteiger partial charge in [-0.15, -0.1) is 0 Å². The van der Waals surface area contributed by atoms with Crippen molar-refractivity contribution in [3.8, 4) is 0 Å². The molecule has 2 aromatic carbocycles. The van der Waals surface area contributed by atoms with Gasteiger partial charge in [0.25, 0.3) is 0 Å². The molecule has 25 heavy (non-hydrogen) atoms. The normalized spacial score (nSPS) is 10.4. The van der Waals surface area contributed by atoms with Crippen molar-refractivity contribution in [1.29, 1.82) is 0 Å². The van der Waals surface area contributed by atoms with Crippen molar-refractivity contribution in [3.63, 3.8) is 0 Å². The van der Waals surface area contributed by atoms with Crippen LogP contribution in [0.2, 0.25) is 5.02 Å². The summed E-state index contributed by atoms with van der Waals surface area (Å²) in [6, 6.07) is 13.3. The van der Waals surface area contributed by atoms with E-state index in [0.29, 0.717) is 18.0 Å². The SMILES string of the molecule is CC(=O)N(CC(=O)NCCc1ccc(Cl)cc1)c1cccc(C)c1C. The highest BCUT2D eigenvalue weighted by Gasteiger charge is 2.17. The van der Waals surface area contributed by atoms with Crippen LogP contribution in [0.25, 0.3) is 0 Å². The lowest BCUT2D eigenvalue weighted by molar-refractivity contribution is -0.123. The molecule has 0 aliphatic rings. The van der Waals surface area contributed by atoms with Gasteiger partial charge in [-0.2, -0.15) is 0 Å². The number of aryl methyl sites for hydroxylation is 1. The van der Waals surface area contributed by atoms with E-state index in [2.05, 4.69) is 5.32 Å². The molecular weight excluding hydrogens is 336 g/mol. The highest BCUT2D eigenvalue weighted by Crippen LogP contribution is 2.22. The Labute approximate surface area is 153 Å². The molecule has 132 valence electrons. The molecule has 0 aromatic heterocycles. The summed E-state index contributed by atoms with van der Waals surface area (Å²) in [4.78, 5) is 25.8. The Morgan fingerprint density at radius 1 is 1.08 bits per heavy atom. The fraction of sp³-hybridized carbons (Fsp3) is 0.300. The van der Waals surface area contributed by atoms with Crippen molar-refractivity contribution in [2.45, 2.75) is 27.2 Å². The number of nitrogens with one attached hydrogen (secondary N) is 1. The Morgan fingerprint density at radius 2 is 1.76 bits per heavy atom. The second-order valence-electron chi connectivity index (χ2n) is 6.05. The van der Waals surface area contributed by atoms with Gasteiger partial charge in [-0.25, -0.2) is 0 Å². The fourth-order valence-electron chi connectivity index (χ4n) is 2.59. The summed E-state index contributed by atoms with van der Waals surface area (Å²) in [5, 5.41) is 3.56. The lowest BCUT2D eigenvalue weighted by Crippen LogP contribution is -2.40. The van der Waals surface area contributed by atoms with Gasteiger partial charge in [0, 0.05) is 24.2 Å². The molecule has 2 aromatic rings. The van der Waals surface area contributed by atoms with Gasteiger partial charge < -0.3 is 10.2 Å². The van der Waals surface area contributed by atoms with Gasteiger partial charge in [-0.3, -0.25) is 9.59 Å². The second-order valence-corrected chi connectivity index (χ2v) is 6.49. The van der Waals surface area contributed by atoms with Gasteiger partial charge >= 0.3 is 0 Å². The van der Waals surface area contributed by atoms with E-state index in [4.69, 9.17) is 11.6 Å². The molecule has 0 aliphatic carbocycles. The van der Waals surface area contributed by atoms with Crippen LogP contribution < -0.4 is 10.2 Å². The van der Waals surface area contributed by atoms with E-state index in [1.165, 1.54) is 11.8 Å². The first kappa shape index (κ1) is 19.0. The van der Waals surface area contributed by atoms with Crippen LogP contribution in [-0.4, -0.2) is 24.9 Å². The number of carbonyl (C=O) groups is 2. The summed E-state index contributed by atoms with van der Waals surface area (Å²) >= 11 is 5.86. The third kappa shape index (κ3) is 5.33. The van der Waals surface area contributed by atoms with Gasteiger partial charge in [0.2, 0.25) is 11.8 Å². The Morgan fingerprint density at radius 3 is 2.40 bits per heavy atom. The number of nitrogens with zero attached hydrogens (tertiary/aromatic N) is 1. The molecule has 0 unspecified atom stereocenters. The molecule has 0 spiro atoms. The third-order valence-corrected chi connectivity index (χ3v) is 4.45. The van der Waals surface area contributed by atoms with E-state index in [1.54, 1.807) is 0 Å². The monoisotopic (exact) mass is 358 g/mol. The van der Waals surface area contributed by atoms with Crippen molar-refractivity contribution in [2.24, 2.45) is 0 Å². The summed E-state index contributed by atoms with van der Waals surface area (Å²) in [5.74, 6) is -0.327. The van der Waals surface area contributed by atoms with Crippen molar-refractivity contribution in [1.82, 2.24) is 5.32 Å². The van der Waals surface area contributed by atoms with Crippen LogP contribution in [0, 0.1) is 13.8 Å². The zero-order chi connectivity index (χ0) is 18.4. The summed E-state index contributed by atoms with van der Waals surface area (Å²) in [5.41, 5.74) is 3.97. The molecule has 0 fully saturated rings. The maximum Gasteiger partial charge on any atom is 0.240 e. The average molecular weight is 359 g/mol. The largest absolute Gasteiger partial charge is 0.354 e. The smallest absolute Gasteiger partial charge is 0.240 e. The van der Waals surface area contributed by atoms with Gasteiger partial charge in [0.05, 0.1) is 0 Å². The Bertz CT molecular complexity index is 757. The number of rotatable bonds is 6. The van der Waals surface area contributed by atoms with Crippen LogP contribution in [0.4, 0.5) is 5.69 Å². The van der Waals surface area contributed by atoms with E-state index in [9.17, 15) is 9.59 Å². The van der Waals surface area contributed by atoms with E-state index in [0.717, 1.165) is 22.4 Å². The van der Waals surface area contributed by atoms with Crippen LogP contribution in [0.1, 0.15) is 23.6 Å². The van der Waals surface area contributed by atoms with Crippen LogP contribution in [0.15, 0.2) is 42.5 Å². The minimum Gasteiger partial charge on any atom is -0.354 e. The molecule has 0 bridgehead atoms. The Kier molecular flexibility index (Phi) is 6.59. The molecule has 2 amide bonds. The number of anilines is 1. The zero-order valence-electron chi connectivity index (χ0n) is 14.8. The Balaban J connectivity index is 1.95. The summed E-state index contributed by atoms with van der Waals surface area (Å²) in [7, 11) is 0. The highest BCUT2D eigenvalue weighted by atomic mass is 35.5. The fourth-order valence-corrected chi connectivity index (χ4v) is 2.72. The molecule has 1 N–H and O–H groups in total. The molecule has 0 aliphatic heterocycles. The molecule has 0 atom stereocenters. The molecular formula is C20H23ClN2O2. The molecule has 0 saturated carbocycles. The average Bonchev–Trinajstić information content (AvgIpc) is 2.57. The first-order valence-electron chi connectivity index (χ1n) is 8.24. The van der Waals surface area contributed by atoms with Crippen molar-refractivity contribution < 1.29 is 9.59 Å². The summed E-state index contributed by atoms with van der Waals surface area (Å²) < 4.78 is 0. The molecule has 0 heterocycles. The van der Waals surface area contributed by atoms with Crippen LogP contribution in [0.3, 0.4) is 0 Å². The van der Waals surface area contributed by atoms with E-state index >= 15 is 0 Å². The third-order valence-electron chi connectivity index (χ3n) is 4.20. The first-order chi connectivity index (χ1) is 11.9. The predicted molar refractivity (Wildman–Crippen MR) is 102 cm³/mol.